The van der Waals surface area contributed by atoms with Crippen LogP contribution >= 0.6 is 23.1 Å². The van der Waals surface area contributed by atoms with Crippen molar-refractivity contribution in [3.8, 4) is 0 Å². The van der Waals surface area contributed by atoms with Crippen molar-refractivity contribution < 1.29 is 9.59 Å². The molecular formula is C23H24N4O3S2. The summed E-state index contributed by atoms with van der Waals surface area (Å²) >= 11 is 3.02. The van der Waals surface area contributed by atoms with Gasteiger partial charge in [0.15, 0.2) is 0 Å². The van der Waals surface area contributed by atoms with Gasteiger partial charge in [-0.25, -0.2) is 4.98 Å². The fraction of sp³-hybridized carbons (Fsp3) is 0.391. The molecule has 2 aliphatic carbocycles. The highest BCUT2D eigenvalue weighted by molar-refractivity contribution is 7.99. The molecule has 3 aromatic rings. The van der Waals surface area contributed by atoms with Crippen LogP contribution in [0.25, 0.3) is 10.2 Å². The van der Waals surface area contributed by atoms with Crippen molar-refractivity contribution >= 4 is 56.5 Å². The standard InChI is InChI=1S/C23H24N4O3S2/c1-12-5-8-14(24-21(29)13-6-7-13)9-16(12)25-19(28)11-31-10-18-26-22(30)20-15-3-2-4-17(15)32-23(20)27-18/h5,8-9,13H,2-4,6-7,10-11H2,1H3,(H,24,29)(H,25,28)(H,26,27,30). The molecule has 0 atom stereocenters. The largest absolute Gasteiger partial charge is 0.326 e. The predicted octanol–water partition coefficient (Wildman–Crippen LogP) is 4.00. The van der Waals surface area contributed by atoms with Crippen LogP contribution in [0.15, 0.2) is 23.0 Å². The maximum atomic E-state index is 12.5. The number of thiophene rings is 1. The molecule has 2 heterocycles. The van der Waals surface area contributed by atoms with E-state index in [1.807, 2.05) is 19.1 Å². The molecule has 166 valence electrons. The van der Waals surface area contributed by atoms with Gasteiger partial charge in [-0.1, -0.05) is 6.07 Å². The van der Waals surface area contributed by atoms with Gasteiger partial charge in [-0.3, -0.25) is 14.4 Å². The fourth-order valence-corrected chi connectivity index (χ4v) is 5.94. The Morgan fingerprint density at radius 2 is 2.09 bits per heavy atom. The van der Waals surface area contributed by atoms with Crippen molar-refractivity contribution in [1.29, 1.82) is 0 Å². The average molecular weight is 469 g/mol. The lowest BCUT2D eigenvalue weighted by Gasteiger charge is -2.11. The van der Waals surface area contributed by atoms with Crippen molar-refractivity contribution in [2.75, 3.05) is 16.4 Å². The lowest BCUT2D eigenvalue weighted by atomic mass is 10.1. The molecule has 1 aromatic carbocycles. The van der Waals surface area contributed by atoms with E-state index < -0.39 is 0 Å². The maximum absolute atomic E-state index is 12.5. The summed E-state index contributed by atoms with van der Waals surface area (Å²) in [4.78, 5) is 46.6. The Hall–Kier alpha value is -2.65. The number of aryl methyl sites for hydroxylation is 3. The Morgan fingerprint density at radius 3 is 2.91 bits per heavy atom. The molecule has 3 N–H and O–H groups in total. The summed E-state index contributed by atoms with van der Waals surface area (Å²) in [6.07, 6.45) is 4.99. The molecule has 32 heavy (non-hydrogen) atoms. The number of amides is 2. The number of hydrogen-bond donors (Lipinski definition) is 3. The third kappa shape index (κ3) is 4.45. The number of carbonyl (C=O) groups excluding carboxylic acids is 2. The molecule has 0 aliphatic heterocycles. The molecule has 0 saturated heterocycles. The number of hydrogen-bond acceptors (Lipinski definition) is 6. The average Bonchev–Trinajstić information content (AvgIpc) is 3.41. The van der Waals surface area contributed by atoms with E-state index >= 15 is 0 Å². The molecule has 2 amide bonds. The van der Waals surface area contributed by atoms with E-state index in [-0.39, 0.29) is 29.0 Å². The molecular weight excluding hydrogens is 444 g/mol. The van der Waals surface area contributed by atoms with E-state index in [4.69, 9.17) is 0 Å². The molecule has 1 saturated carbocycles. The van der Waals surface area contributed by atoms with E-state index in [0.29, 0.717) is 23.0 Å². The number of fused-ring (bicyclic) bond motifs is 3. The second kappa shape index (κ2) is 8.71. The molecule has 2 aromatic heterocycles. The van der Waals surface area contributed by atoms with Crippen LogP contribution in [0.2, 0.25) is 0 Å². The Morgan fingerprint density at radius 1 is 1.25 bits per heavy atom. The van der Waals surface area contributed by atoms with Crippen LogP contribution in [-0.4, -0.2) is 27.5 Å². The SMILES string of the molecule is Cc1ccc(NC(=O)C2CC2)cc1NC(=O)CSCc1nc2sc3c(c2c(=O)[nH]1)CCC3. The van der Waals surface area contributed by atoms with Crippen LogP contribution < -0.4 is 16.2 Å². The number of aromatic nitrogens is 2. The van der Waals surface area contributed by atoms with E-state index in [1.54, 1.807) is 17.4 Å². The van der Waals surface area contributed by atoms with Crippen LogP contribution in [0.5, 0.6) is 0 Å². The minimum absolute atomic E-state index is 0.0381. The quantitative estimate of drug-likeness (QED) is 0.486. The number of carbonyl (C=O) groups is 2. The first-order valence-electron chi connectivity index (χ1n) is 10.8. The number of H-pyrrole nitrogens is 1. The lowest BCUT2D eigenvalue weighted by Crippen LogP contribution is -2.17. The first kappa shape index (κ1) is 21.2. The van der Waals surface area contributed by atoms with E-state index in [2.05, 4.69) is 20.6 Å². The van der Waals surface area contributed by atoms with Gasteiger partial charge in [0.2, 0.25) is 11.8 Å². The zero-order chi connectivity index (χ0) is 22.2. The number of anilines is 2. The highest BCUT2D eigenvalue weighted by Crippen LogP contribution is 2.34. The van der Waals surface area contributed by atoms with Gasteiger partial charge < -0.3 is 15.6 Å². The van der Waals surface area contributed by atoms with Crippen LogP contribution in [0.3, 0.4) is 0 Å². The van der Waals surface area contributed by atoms with Gasteiger partial charge in [-0.2, -0.15) is 0 Å². The van der Waals surface area contributed by atoms with Gasteiger partial charge in [0, 0.05) is 22.2 Å². The minimum atomic E-state index is -0.137. The first-order valence-corrected chi connectivity index (χ1v) is 12.8. The molecule has 5 rings (SSSR count). The van der Waals surface area contributed by atoms with Crippen molar-refractivity contribution in [2.45, 2.75) is 44.8 Å². The lowest BCUT2D eigenvalue weighted by molar-refractivity contribution is -0.117. The number of nitrogens with zero attached hydrogens (tertiary/aromatic N) is 1. The smallest absolute Gasteiger partial charge is 0.259 e. The summed E-state index contributed by atoms with van der Waals surface area (Å²) in [5.41, 5.74) is 3.40. The fourth-order valence-electron chi connectivity index (χ4n) is 3.97. The van der Waals surface area contributed by atoms with Gasteiger partial charge in [0.05, 0.1) is 16.9 Å². The number of nitrogens with one attached hydrogen (secondary N) is 3. The number of benzene rings is 1. The predicted molar refractivity (Wildman–Crippen MR) is 130 cm³/mol. The van der Waals surface area contributed by atoms with E-state index in [9.17, 15) is 14.4 Å². The van der Waals surface area contributed by atoms with Crippen LogP contribution in [0.1, 0.15) is 41.1 Å². The highest BCUT2D eigenvalue weighted by atomic mass is 32.2. The molecule has 9 heteroatoms. The van der Waals surface area contributed by atoms with Crippen molar-refractivity contribution in [1.82, 2.24) is 9.97 Å². The zero-order valence-corrected chi connectivity index (χ0v) is 19.4. The Bertz CT molecular complexity index is 1280. The van der Waals surface area contributed by atoms with Gasteiger partial charge in [0.25, 0.3) is 5.56 Å². The minimum Gasteiger partial charge on any atom is -0.326 e. The van der Waals surface area contributed by atoms with Gasteiger partial charge >= 0.3 is 0 Å². The summed E-state index contributed by atoms with van der Waals surface area (Å²) in [5, 5.41) is 6.58. The molecule has 0 spiro atoms. The number of thioether (sulfide) groups is 1. The van der Waals surface area contributed by atoms with Crippen molar-refractivity contribution in [3.05, 3.63) is 50.4 Å². The van der Waals surface area contributed by atoms with Gasteiger partial charge in [-0.15, -0.1) is 23.1 Å². The summed E-state index contributed by atoms with van der Waals surface area (Å²) in [5.74, 6) is 1.32. The Labute approximate surface area is 193 Å². The first-order chi connectivity index (χ1) is 15.5. The summed E-state index contributed by atoms with van der Waals surface area (Å²) in [6, 6.07) is 5.52. The van der Waals surface area contributed by atoms with Gasteiger partial charge in [-0.05, 0) is 62.3 Å². The molecule has 0 unspecified atom stereocenters. The summed E-state index contributed by atoms with van der Waals surface area (Å²) in [7, 11) is 0. The monoisotopic (exact) mass is 468 g/mol. The van der Waals surface area contributed by atoms with Crippen LogP contribution in [-0.2, 0) is 28.2 Å². The third-order valence-corrected chi connectivity index (χ3v) is 7.95. The number of aromatic amines is 1. The second-order valence-electron chi connectivity index (χ2n) is 8.38. The van der Waals surface area contributed by atoms with Gasteiger partial charge in [0.1, 0.15) is 10.7 Å². The van der Waals surface area contributed by atoms with E-state index in [0.717, 1.165) is 47.9 Å². The van der Waals surface area contributed by atoms with Crippen LogP contribution in [0.4, 0.5) is 11.4 Å². The third-order valence-electron chi connectivity index (χ3n) is 5.82. The summed E-state index contributed by atoms with van der Waals surface area (Å²) in [6.45, 7) is 1.91. The summed E-state index contributed by atoms with van der Waals surface area (Å²) < 4.78 is 0. The molecule has 1 fully saturated rings. The normalized spacial score (nSPS) is 15.0. The number of rotatable bonds is 7. The molecule has 0 bridgehead atoms. The maximum Gasteiger partial charge on any atom is 0.259 e. The Kier molecular flexibility index (Phi) is 5.77. The topological polar surface area (TPSA) is 104 Å². The van der Waals surface area contributed by atoms with E-state index in [1.165, 1.54) is 22.2 Å². The highest BCUT2D eigenvalue weighted by Gasteiger charge is 2.29. The van der Waals surface area contributed by atoms with Crippen LogP contribution in [0, 0.1) is 12.8 Å². The molecule has 2 aliphatic rings. The second-order valence-corrected chi connectivity index (χ2v) is 10.5. The molecule has 0 radical (unpaired) electrons. The Balaban J connectivity index is 1.18. The van der Waals surface area contributed by atoms with Crippen molar-refractivity contribution in [2.24, 2.45) is 5.92 Å². The molecule has 7 nitrogen and oxygen atoms in total. The zero-order valence-electron chi connectivity index (χ0n) is 17.7. The van der Waals surface area contributed by atoms with Crippen molar-refractivity contribution in [3.63, 3.8) is 0 Å².